The third-order valence-electron chi connectivity index (χ3n) is 7.88. The Morgan fingerprint density at radius 1 is 0.450 bits per heavy atom. The van der Waals surface area contributed by atoms with E-state index in [1.54, 1.807) is 0 Å². The minimum absolute atomic E-state index is 0.0573. The molecule has 0 aliphatic rings. The topological polar surface area (TPSA) is 25.8 Å². The molecule has 2 heteroatoms. The Balaban J connectivity index is 1.57. The molecule has 4 aromatic carbocycles. The molecule has 0 aliphatic heterocycles. The van der Waals surface area contributed by atoms with Crippen LogP contribution in [0.25, 0.3) is 55.2 Å². The number of aromatic nitrogens is 2. The molecular formula is C38H36N2. The van der Waals surface area contributed by atoms with Gasteiger partial charge in [-0.1, -0.05) is 96.1 Å². The van der Waals surface area contributed by atoms with Gasteiger partial charge in [0.25, 0.3) is 0 Å². The summed E-state index contributed by atoms with van der Waals surface area (Å²) in [5.41, 5.74) is 9.40. The summed E-state index contributed by atoms with van der Waals surface area (Å²) in [4.78, 5) is 9.56. The third-order valence-corrected chi connectivity index (χ3v) is 7.88. The Bertz CT molecular complexity index is 1870. The van der Waals surface area contributed by atoms with Crippen LogP contribution in [0, 0.1) is 0 Å². The number of hydrogen-bond donors (Lipinski definition) is 0. The minimum atomic E-state index is 0.0573. The van der Waals surface area contributed by atoms with Crippen LogP contribution in [-0.2, 0) is 10.8 Å². The molecule has 40 heavy (non-hydrogen) atoms. The van der Waals surface area contributed by atoms with Gasteiger partial charge >= 0.3 is 0 Å². The molecule has 2 heterocycles. The molecule has 0 amide bonds. The van der Waals surface area contributed by atoms with Crippen molar-refractivity contribution in [2.24, 2.45) is 0 Å². The van der Waals surface area contributed by atoms with E-state index in [2.05, 4.69) is 139 Å². The predicted molar refractivity (Wildman–Crippen MR) is 171 cm³/mol. The SMILES string of the molecule is CC(C)(C)c1ccnc(-c2cc(-c3cccc4ccc(-c5cc(C(C)(C)C)ccn5)cc34)c3ccccc3c2)c1. The van der Waals surface area contributed by atoms with E-state index >= 15 is 0 Å². The van der Waals surface area contributed by atoms with Gasteiger partial charge in [-0.2, -0.15) is 0 Å². The van der Waals surface area contributed by atoms with Gasteiger partial charge in [0.2, 0.25) is 0 Å². The summed E-state index contributed by atoms with van der Waals surface area (Å²) < 4.78 is 0. The monoisotopic (exact) mass is 520 g/mol. The van der Waals surface area contributed by atoms with Crippen LogP contribution in [0.5, 0.6) is 0 Å². The van der Waals surface area contributed by atoms with E-state index in [-0.39, 0.29) is 10.8 Å². The number of nitrogens with zero attached hydrogens (tertiary/aromatic N) is 2. The molecular weight excluding hydrogens is 484 g/mol. The standard InChI is InChI=1S/C38H36N2/c1-37(2,3)29-16-18-39-35(23-29)27-15-14-25-11-9-13-32(33(25)21-27)34-22-28(20-26-10-7-8-12-31(26)34)36-24-30(17-19-40-36)38(4,5)6/h7-24H,1-6H3. The van der Waals surface area contributed by atoms with Crippen LogP contribution < -0.4 is 0 Å². The van der Waals surface area contributed by atoms with Crippen molar-refractivity contribution in [3.8, 4) is 33.6 Å². The molecule has 0 spiro atoms. The van der Waals surface area contributed by atoms with Crippen LogP contribution in [0.2, 0.25) is 0 Å². The Labute approximate surface area is 237 Å². The lowest BCUT2D eigenvalue weighted by atomic mass is 9.86. The fourth-order valence-corrected chi connectivity index (χ4v) is 5.46. The normalized spacial score (nSPS) is 12.2. The average Bonchev–Trinajstić information content (AvgIpc) is 2.95. The highest BCUT2D eigenvalue weighted by Crippen LogP contribution is 2.39. The van der Waals surface area contributed by atoms with E-state index in [0.717, 1.165) is 22.5 Å². The smallest absolute Gasteiger partial charge is 0.0705 e. The molecule has 0 atom stereocenters. The molecule has 0 bridgehead atoms. The van der Waals surface area contributed by atoms with Crippen LogP contribution in [0.15, 0.2) is 109 Å². The van der Waals surface area contributed by atoms with E-state index in [1.807, 2.05) is 12.4 Å². The van der Waals surface area contributed by atoms with Crippen LogP contribution in [-0.4, -0.2) is 9.97 Å². The van der Waals surface area contributed by atoms with E-state index in [0.29, 0.717) is 0 Å². The summed E-state index contributed by atoms with van der Waals surface area (Å²) in [5, 5.41) is 4.90. The first-order chi connectivity index (χ1) is 19.1. The summed E-state index contributed by atoms with van der Waals surface area (Å²) in [6.45, 7) is 13.5. The first-order valence-electron chi connectivity index (χ1n) is 14.1. The molecule has 0 unspecified atom stereocenters. The van der Waals surface area contributed by atoms with Crippen molar-refractivity contribution in [3.63, 3.8) is 0 Å². The summed E-state index contributed by atoms with van der Waals surface area (Å²) in [6.07, 6.45) is 3.87. The first kappa shape index (κ1) is 26.0. The zero-order valence-electron chi connectivity index (χ0n) is 24.3. The lowest BCUT2D eigenvalue weighted by molar-refractivity contribution is 0.589. The summed E-state index contributed by atoms with van der Waals surface area (Å²) in [7, 11) is 0. The van der Waals surface area contributed by atoms with Crippen molar-refractivity contribution in [3.05, 3.63) is 121 Å². The Hall–Kier alpha value is -4.30. The van der Waals surface area contributed by atoms with Gasteiger partial charge in [-0.25, -0.2) is 0 Å². The second-order valence-corrected chi connectivity index (χ2v) is 12.8. The van der Waals surface area contributed by atoms with E-state index in [1.165, 1.54) is 43.8 Å². The van der Waals surface area contributed by atoms with Crippen molar-refractivity contribution in [1.82, 2.24) is 9.97 Å². The molecule has 0 aliphatic carbocycles. The zero-order valence-corrected chi connectivity index (χ0v) is 24.3. The van der Waals surface area contributed by atoms with Crippen LogP contribution in [0.1, 0.15) is 52.7 Å². The third kappa shape index (κ3) is 4.91. The largest absolute Gasteiger partial charge is 0.256 e. The molecule has 0 N–H and O–H groups in total. The number of fused-ring (bicyclic) bond motifs is 2. The second-order valence-electron chi connectivity index (χ2n) is 12.8. The maximum Gasteiger partial charge on any atom is 0.0705 e. The maximum atomic E-state index is 4.80. The van der Waals surface area contributed by atoms with Gasteiger partial charge in [-0.15, -0.1) is 0 Å². The lowest BCUT2D eigenvalue weighted by Gasteiger charge is -2.20. The number of pyridine rings is 2. The number of benzene rings is 4. The summed E-state index contributed by atoms with van der Waals surface area (Å²) in [5.74, 6) is 0. The van der Waals surface area contributed by atoms with Crippen molar-refractivity contribution in [1.29, 1.82) is 0 Å². The van der Waals surface area contributed by atoms with Crippen LogP contribution in [0.3, 0.4) is 0 Å². The highest BCUT2D eigenvalue weighted by molar-refractivity contribution is 6.07. The van der Waals surface area contributed by atoms with E-state index in [4.69, 9.17) is 9.97 Å². The molecule has 6 aromatic rings. The van der Waals surface area contributed by atoms with Gasteiger partial charge in [0.15, 0.2) is 0 Å². The van der Waals surface area contributed by atoms with Crippen molar-refractivity contribution < 1.29 is 0 Å². The van der Waals surface area contributed by atoms with Gasteiger partial charge in [-0.3, -0.25) is 9.97 Å². The lowest BCUT2D eigenvalue weighted by Crippen LogP contribution is -2.11. The Kier molecular flexibility index (Phi) is 6.30. The van der Waals surface area contributed by atoms with Crippen molar-refractivity contribution in [2.45, 2.75) is 52.4 Å². The van der Waals surface area contributed by atoms with Crippen molar-refractivity contribution >= 4 is 21.5 Å². The quantitative estimate of drug-likeness (QED) is 0.232. The van der Waals surface area contributed by atoms with Gasteiger partial charge in [-0.05, 0) is 97.1 Å². The molecule has 2 aromatic heterocycles. The van der Waals surface area contributed by atoms with Crippen LogP contribution >= 0.6 is 0 Å². The highest BCUT2D eigenvalue weighted by Gasteiger charge is 2.18. The second kappa shape index (κ2) is 9.71. The fraction of sp³-hybridized carbons (Fsp3) is 0.211. The first-order valence-corrected chi connectivity index (χ1v) is 14.1. The number of rotatable bonds is 3. The average molecular weight is 521 g/mol. The van der Waals surface area contributed by atoms with Gasteiger partial charge in [0.1, 0.15) is 0 Å². The van der Waals surface area contributed by atoms with Gasteiger partial charge < -0.3 is 0 Å². The fourth-order valence-electron chi connectivity index (χ4n) is 5.46. The Morgan fingerprint density at radius 3 is 1.75 bits per heavy atom. The zero-order chi connectivity index (χ0) is 28.1. The molecule has 2 nitrogen and oxygen atoms in total. The minimum Gasteiger partial charge on any atom is -0.256 e. The molecule has 0 saturated carbocycles. The van der Waals surface area contributed by atoms with E-state index < -0.39 is 0 Å². The molecule has 6 rings (SSSR count). The van der Waals surface area contributed by atoms with Gasteiger partial charge in [0.05, 0.1) is 11.4 Å². The molecule has 0 fully saturated rings. The van der Waals surface area contributed by atoms with Crippen LogP contribution in [0.4, 0.5) is 0 Å². The van der Waals surface area contributed by atoms with Crippen molar-refractivity contribution in [2.75, 3.05) is 0 Å². The summed E-state index contributed by atoms with van der Waals surface area (Å²) in [6, 6.07) is 35.3. The molecule has 0 saturated heterocycles. The Morgan fingerprint density at radius 2 is 1.07 bits per heavy atom. The molecule has 198 valence electrons. The maximum absolute atomic E-state index is 4.80. The number of hydrogen-bond acceptors (Lipinski definition) is 2. The van der Waals surface area contributed by atoms with Gasteiger partial charge in [0, 0.05) is 23.5 Å². The predicted octanol–water partition coefficient (Wildman–Crippen LogP) is 10.4. The highest BCUT2D eigenvalue weighted by atomic mass is 14.7. The van der Waals surface area contributed by atoms with E-state index in [9.17, 15) is 0 Å². The molecule has 0 radical (unpaired) electrons. The summed E-state index contributed by atoms with van der Waals surface area (Å²) >= 11 is 0.